The molecule has 0 unspecified atom stereocenters. The molecule has 0 saturated carbocycles. The minimum Gasteiger partial charge on any atom is -0.477 e. The molecule has 2 atom stereocenters. The van der Waals surface area contributed by atoms with Crippen LogP contribution in [0.15, 0.2) is 27.5 Å². The van der Waals surface area contributed by atoms with Gasteiger partial charge in [-0.15, -0.1) is 11.8 Å². The maximum absolute atomic E-state index is 12.3. The summed E-state index contributed by atoms with van der Waals surface area (Å²) in [5.41, 5.74) is -0.0151. The van der Waals surface area contributed by atoms with Crippen LogP contribution in [0.3, 0.4) is 0 Å². The van der Waals surface area contributed by atoms with Crippen molar-refractivity contribution in [1.82, 2.24) is 14.5 Å². The van der Waals surface area contributed by atoms with Gasteiger partial charge in [-0.3, -0.25) is 9.69 Å². The van der Waals surface area contributed by atoms with Crippen LogP contribution >= 0.6 is 35.3 Å². The van der Waals surface area contributed by atoms with E-state index in [0.717, 1.165) is 0 Å². The van der Waals surface area contributed by atoms with Gasteiger partial charge in [0, 0.05) is 19.4 Å². The van der Waals surface area contributed by atoms with E-state index in [-0.39, 0.29) is 18.2 Å². The maximum atomic E-state index is 12.3. The molecule has 1 fully saturated rings. The Bertz CT molecular complexity index is 704. The number of thioether (sulfide) groups is 3. The van der Waals surface area contributed by atoms with E-state index in [4.69, 9.17) is 0 Å². The van der Waals surface area contributed by atoms with Crippen LogP contribution < -0.4 is 0 Å². The average Bonchev–Trinajstić information content (AvgIpc) is 3.01. The SMILES string of the molecule is CCS[C@]12SC(Sc3nccn3C)=C(C(=O)O)N1C(=O)[C@@H]2CO. The summed E-state index contributed by atoms with van der Waals surface area (Å²) in [6, 6.07) is 0. The van der Waals surface area contributed by atoms with E-state index in [1.165, 1.54) is 40.2 Å². The predicted octanol–water partition coefficient (Wildman–Crippen LogP) is 1.37. The largest absolute Gasteiger partial charge is 0.477 e. The monoisotopic (exact) mass is 373 g/mol. The lowest BCUT2D eigenvalue weighted by Crippen LogP contribution is -2.66. The molecule has 1 amide bonds. The Hall–Kier alpha value is -1.10. The number of rotatable bonds is 6. The van der Waals surface area contributed by atoms with E-state index in [2.05, 4.69) is 4.98 Å². The average molecular weight is 373 g/mol. The molecule has 1 aromatic rings. The van der Waals surface area contributed by atoms with Crippen LogP contribution in [0.4, 0.5) is 0 Å². The van der Waals surface area contributed by atoms with E-state index in [1.807, 2.05) is 14.0 Å². The summed E-state index contributed by atoms with van der Waals surface area (Å²) >= 11 is 4.04. The summed E-state index contributed by atoms with van der Waals surface area (Å²) in [5.74, 6) is -1.36. The normalized spacial score (nSPS) is 26.5. The second-order valence-electron chi connectivity index (χ2n) is 4.94. The molecular weight excluding hydrogens is 358 g/mol. The highest BCUT2D eigenvalue weighted by Gasteiger charge is 2.67. The number of fused-ring (bicyclic) bond motifs is 1. The summed E-state index contributed by atoms with van der Waals surface area (Å²) < 4.78 is 1.55. The lowest BCUT2D eigenvalue weighted by Gasteiger charge is -2.51. The number of carbonyl (C=O) groups excluding carboxylic acids is 1. The van der Waals surface area contributed by atoms with Crippen LogP contribution in [0, 0.1) is 5.92 Å². The Kier molecular flexibility index (Phi) is 4.43. The van der Waals surface area contributed by atoms with Crippen LogP contribution in [0.5, 0.6) is 0 Å². The summed E-state index contributed by atoms with van der Waals surface area (Å²) in [4.78, 5) is 29.5. The Morgan fingerprint density at radius 1 is 1.57 bits per heavy atom. The fourth-order valence-corrected chi connectivity index (χ4v) is 7.35. The quantitative estimate of drug-likeness (QED) is 0.722. The molecule has 0 aromatic carbocycles. The van der Waals surface area contributed by atoms with Crippen molar-refractivity contribution in [3.63, 3.8) is 0 Å². The lowest BCUT2D eigenvalue weighted by molar-refractivity contribution is -0.155. The Balaban J connectivity index is 2.00. The van der Waals surface area contributed by atoms with Gasteiger partial charge in [0.05, 0.1) is 10.8 Å². The van der Waals surface area contributed by atoms with Crippen LogP contribution in [0.1, 0.15) is 6.92 Å². The molecule has 124 valence electrons. The highest BCUT2D eigenvalue weighted by atomic mass is 32.2. The third-order valence-electron chi connectivity index (χ3n) is 3.62. The number of aliphatic carboxylic acids is 1. The molecule has 2 N–H and O–H groups in total. The first kappa shape index (κ1) is 16.7. The Morgan fingerprint density at radius 2 is 2.30 bits per heavy atom. The summed E-state index contributed by atoms with van der Waals surface area (Å²) in [6.07, 6.45) is 3.41. The number of aliphatic hydroxyl groups is 1. The van der Waals surface area contributed by atoms with Gasteiger partial charge >= 0.3 is 5.97 Å². The van der Waals surface area contributed by atoms with Gasteiger partial charge in [-0.25, -0.2) is 9.78 Å². The van der Waals surface area contributed by atoms with Gasteiger partial charge in [-0.1, -0.05) is 18.7 Å². The van der Waals surface area contributed by atoms with Crippen molar-refractivity contribution in [3.8, 4) is 0 Å². The number of carbonyl (C=O) groups is 2. The van der Waals surface area contributed by atoms with Gasteiger partial charge in [0.1, 0.15) is 5.92 Å². The standard InChI is InChI=1S/C13H15N3O4S3/c1-3-21-13-7(6-17)9(18)16(13)8(10(19)20)11(23-13)22-12-14-4-5-15(12)2/h4-5,7,17H,3,6H2,1-2H3,(H,19,20)/t7-,13+/m0/s1. The molecule has 2 aliphatic heterocycles. The number of hydrogen-bond donors (Lipinski definition) is 2. The van der Waals surface area contributed by atoms with Crippen LogP contribution in [-0.2, 0) is 16.6 Å². The van der Waals surface area contributed by atoms with Gasteiger partial charge in [-0.2, -0.15) is 0 Å². The number of hydrogen-bond acceptors (Lipinski definition) is 7. The summed E-state index contributed by atoms with van der Waals surface area (Å²) in [7, 11) is 1.82. The molecule has 0 radical (unpaired) electrons. The van der Waals surface area contributed by atoms with Crippen LogP contribution in [0.2, 0.25) is 0 Å². The topological polar surface area (TPSA) is 95.7 Å². The molecule has 7 nitrogen and oxygen atoms in total. The molecule has 0 spiro atoms. The van der Waals surface area contributed by atoms with Gasteiger partial charge in [0.15, 0.2) is 15.1 Å². The van der Waals surface area contributed by atoms with Gasteiger partial charge in [0.2, 0.25) is 5.91 Å². The van der Waals surface area contributed by atoms with E-state index in [1.54, 1.807) is 17.0 Å². The zero-order chi connectivity index (χ0) is 16.8. The molecule has 2 aliphatic rings. The first-order valence-electron chi connectivity index (χ1n) is 6.87. The number of carboxylic acids is 1. The minimum absolute atomic E-state index is 0.0151. The predicted molar refractivity (Wildman–Crippen MR) is 89.6 cm³/mol. The van der Waals surface area contributed by atoms with E-state index in [0.29, 0.717) is 15.1 Å². The number of nitrogens with zero attached hydrogens (tertiary/aromatic N) is 3. The molecular formula is C13H15N3O4S3. The summed E-state index contributed by atoms with van der Waals surface area (Å²) in [6.45, 7) is 1.66. The van der Waals surface area contributed by atoms with Crippen LogP contribution in [-0.4, -0.2) is 53.1 Å². The number of aliphatic hydroxyl groups excluding tert-OH is 1. The fourth-order valence-electron chi connectivity index (χ4n) is 2.59. The van der Waals surface area contributed by atoms with Gasteiger partial charge in [-0.05, 0) is 17.5 Å². The second kappa shape index (κ2) is 6.08. The molecule has 0 bridgehead atoms. The highest BCUT2D eigenvalue weighted by molar-refractivity contribution is 8.29. The number of carboxylic acid groups (broad SMARTS) is 1. The number of aromatic nitrogens is 2. The molecule has 3 heterocycles. The highest BCUT2D eigenvalue weighted by Crippen LogP contribution is 2.65. The fraction of sp³-hybridized carbons (Fsp3) is 0.462. The third-order valence-corrected chi connectivity index (χ3v) is 7.99. The number of β-lactam (4-membered cyclic amide) rings is 1. The number of imidazole rings is 1. The van der Waals surface area contributed by atoms with Crippen molar-refractivity contribution in [2.24, 2.45) is 13.0 Å². The minimum atomic E-state index is -1.14. The Labute approximate surface area is 145 Å². The first-order valence-corrected chi connectivity index (χ1v) is 9.48. The zero-order valence-electron chi connectivity index (χ0n) is 12.4. The van der Waals surface area contributed by atoms with E-state index in [9.17, 15) is 19.8 Å². The third kappa shape index (κ3) is 2.39. The number of aryl methyl sites for hydroxylation is 1. The Morgan fingerprint density at radius 3 is 2.83 bits per heavy atom. The first-order chi connectivity index (χ1) is 11.0. The van der Waals surface area contributed by atoms with Crippen molar-refractivity contribution >= 4 is 47.2 Å². The molecule has 1 saturated heterocycles. The van der Waals surface area contributed by atoms with Gasteiger partial charge < -0.3 is 14.8 Å². The van der Waals surface area contributed by atoms with E-state index < -0.39 is 16.1 Å². The molecule has 23 heavy (non-hydrogen) atoms. The van der Waals surface area contributed by atoms with Gasteiger partial charge in [0.25, 0.3) is 0 Å². The number of amides is 1. The molecule has 0 aliphatic carbocycles. The maximum Gasteiger partial charge on any atom is 0.354 e. The summed E-state index contributed by atoms with van der Waals surface area (Å²) in [5, 5.41) is 19.8. The van der Waals surface area contributed by atoms with Crippen molar-refractivity contribution in [3.05, 3.63) is 22.3 Å². The van der Waals surface area contributed by atoms with Crippen molar-refractivity contribution in [2.45, 2.75) is 16.3 Å². The second-order valence-corrected chi connectivity index (χ2v) is 9.16. The molecule has 1 aromatic heterocycles. The van der Waals surface area contributed by atoms with Crippen molar-refractivity contribution in [1.29, 1.82) is 0 Å². The molecule has 10 heteroatoms. The smallest absolute Gasteiger partial charge is 0.354 e. The van der Waals surface area contributed by atoms with Crippen LogP contribution in [0.25, 0.3) is 0 Å². The van der Waals surface area contributed by atoms with E-state index >= 15 is 0 Å². The molecule has 3 rings (SSSR count). The zero-order valence-corrected chi connectivity index (χ0v) is 14.9. The van der Waals surface area contributed by atoms with Crippen molar-refractivity contribution < 1.29 is 19.8 Å². The lowest BCUT2D eigenvalue weighted by atomic mass is 9.98. The van der Waals surface area contributed by atoms with Crippen molar-refractivity contribution in [2.75, 3.05) is 12.4 Å².